The molecule has 2 aromatic heterocycles. The topological polar surface area (TPSA) is 97.1 Å². The number of amides is 1. The van der Waals surface area contributed by atoms with Crippen molar-refractivity contribution in [3.8, 4) is 0 Å². The molecule has 0 radical (unpaired) electrons. The Morgan fingerprint density at radius 3 is 2.90 bits per heavy atom. The van der Waals surface area contributed by atoms with Gasteiger partial charge in [-0.25, -0.2) is 4.79 Å². The fourth-order valence-electron chi connectivity index (χ4n) is 1.93. The SMILES string of the molecule is CC(CCc1ccco1)NC(=O)Cn1ccc(=O)[nH]c1=O. The Balaban J connectivity index is 1.83. The van der Waals surface area contributed by atoms with Crippen molar-refractivity contribution in [3.05, 3.63) is 57.3 Å². The van der Waals surface area contributed by atoms with Crippen molar-refractivity contribution in [1.82, 2.24) is 14.9 Å². The molecule has 112 valence electrons. The molecule has 0 saturated heterocycles. The van der Waals surface area contributed by atoms with Gasteiger partial charge in [0.25, 0.3) is 5.56 Å². The fourth-order valence-corrected chi connectivity index (χ4v) is 1.93. The van der Waals surface area contributed by atoms with Crippen LogP contribution in [0.25, 0.3) is 0 Å². The van der Waals surface area contributed by atoms with Crippen molar-refractivity contribution < 1.29 is 9.21 Å². The zero-order valence-electron chi connectivity index (χ0n) is 11.7. The number of hydrogen-bond acceptors (Lipinski definition) is 4. The smallest absolute Gasteiger partial charge is 0.328 e. The second-order valence-corrected chi connectivity index (χ2v) is 4.82. The summed E-state index contributed by atoms with van der Waals surface area (Å²) in [5.41, 5.74) is -1.08. The zero-order chi connectivity index (χ0) is 15.2. The molecule has 0 aromatic carbocycles. The van der Waals surface area contributed by atoms with Gasteiger partial charge in [-0.3, -0.25) is 19.1 Å². The monoisotopic (exact) mass is 291 g/mol. The molecule has 0 aliphatic carbocycles. The van der Waals surface area contributed by atoms with Gasteiger partial charge >= 0.3 is 5.69 Å². The lowest BCUT2D eigenvalue weighted by molar-refractivity contribution is -0.122. The summed E-state index contributed by atoms with van der Waals surface area (Å²) in [5.74, 6) is 0.587. The molecule has 2 rings (SSSR count). The highest BCUT2D eigenvalue weighted by molar-refractivity contribution is 5.75. The lowest BCUT2D eigenvalue weighted by Crippen LogP contribution is -2.39. The highest BCUT2D eigenvalue weighted by Gasteiger charge is 2.09. The third-order valence-corrected chi connectivity index (χ3v) is 3.02. The maximum atomic E-state index is 11.8. The van der Waals surface area contributed by atoms with Crippen LogP contribution in [-0.2, 0) is 17.8 Å². The Hall–Kier alpha value is -2.57. The number of H-pyrrole nitrogens is 1. The maximum absolute atomic E-state index is 11.8. The van der Waals surface area contributed by atoms with Gasteiger partial charge in [-0.05, 0) is 25.5 Å². The van der Waals surface area contributed by atoms with Crippen molar-refractivity contribution in [1.29, 1.82) is 0 Å². The van der Waals surface area contributed by atoms with Gasteiger partial charge in [-0.2, -0.15) is 0 Å². The normalized spacial score (nSPS) is 12.0. The van der Waals surface area contributed by atoms with E-state index in [0.29, 0.717) is 0 Å². The molecule has 0 saturated carbocycles. The van der Waals surface area contributed by atoms with Gasteiger partial charge in [0.15, 0.2) is 0 Å². The maximum Gasteiger partial charge on any atom is 0.328 e. The van der Waals surface area contributed by atoms with Gasteiger partial charge in [0.05, 0.1) is 6.26 Å². The summed E-state index contributed by atoms with van der Waals surface area (Å²) >= 11 is 0. The van der Waals surface area contributed by atoms with Crippen LogP contribution >= 0.6 is 0 Å². The molecule has 2 N–H and O–H groups in total. The predicted octanol–water partition coefficient (Wildman–Crippen LogP) is 0.267. The van der Waals surface area contributed by atoms with E-state index in [4.69, 9.17) is 4.42 Å². The summed E-state index contributed by atoms with van der Waals surface area (Å²) in [7, 11) is 0. The average molecular weight is 291 g/mol. The van der Waals surface area contributed by atoms with Crippen molar-refractivity contribution in [2.24, 2.45) is 0 Å². The summed E-state index contributed by atoms with van der Waals surface area (Å²) < 4.78 is 6.37. The van der Waals surface area contributed by atoms with Gasteiger partial charge < -0.3 is 9.73 Å². The number of furan rings is 1. The van der Waals surface area contributed by atoms with Gasteiger partial charge in [-0.1, -0.05) is 0 Å². The van der Waals surface area contributed by atoms with E-state index >= 15 is 0 Å². The molecule has 21 heavy (non-hydrogen) atoms. The summed E-state index contributed by atoms with van der Waals surface area (Å²) in [6.45, 7) is 1.76. The molecule has 2 aromatic rings. The van der Waals surface area contributed by atoms with Crippen molar-refractivity contribution in [2.45, 2.75) is 32.4 Å². The lowest BCUT2D eigenvalue weighted by atomic mass is 10.1. The third-order valence-electron chi connectivity index (χ3n) is 3.02. The Kier molecular flexibility index (Phi) is 4.76. The minimum Gasteiger partial charge on any atom is -0.469 e. The number of nitrogens with one attached hydrogen (secondary N) is 2. The molecule has 7 heteroatoms. The summed E-state index contributed by atoms with van der Waals surface area (Å²) in [6.07, 6.45) is 4.38. The van der Waals surface area contributed by atoms with E-state index in [-0.39, 0.29) is 18.5 Å². The quantitative estimate of drug-likeness (QED) is 0.798. The third kappa shape index (κ3) is 4.48. The number of aromatic amines is 1. The van der Waals surface area contributed by atoms with Crippen LogP contribution < -0.4 is 16.6 Å². The average Bonchev–Trinajstić information content (AvgIpc) is 2.93. The first-order chi connectivity index (χ1) is 10.0. The van der Waals surface area contributed by atoms with Gasteiger partial charge in [-0.15, -0.1) is 0 Å². The highest BCUT2D eigenvalue weighted by atomic mass is 16.3. The standard InChI is InChI=1S/C14H17N3O4/c1-10(4-5-11-3-2-8-21-11)15-13(19)9-17-7-6-12(18)16-14(17)20/h2-3,6-8,10H,4-5,9H2,1H3,(H,15,19)(H,16,18,20). The van der Waals surface area contributed by atoms with Crippen LogP contribution in [0, 0.1) is 0 Å². The van der Waals surface area contributed by atoms with E-state index in [1.807, 2.05) is 19.1 Å². The summed E-state index contributed by atoms with van der Waals surface area (Å²) in [4.78, 5) is 36.3. The fraction of sp³-hybridized carbons (Fsp3) is 0.357. The Morgan fingerprint density at radius 2 is 2.24 bits per heavy atom. The van der Waals surface area contributed by atoms with Crippen molar-refractivity contribution in [2.75, 3.05) is 0 Å². The van der Waals surface area contributed by atoms with Gasteiger partial charge in [0.2, 0.25) is 5.91 Å². The first-order valence-corrected chi connectivity index (χ1v) is 6.66. The van der Waals surface area contributed by atoms with E-state index in [1.165, 1.54) is 12.3 Å². The molecule has 2 heterocycles. The number of aromatic nitrogens is 2. The van der Waals surface area contributed by atoms with E-state index in [1.54, 1.807) is 6.26 Å². The summed E-state index contributed by atoms with van der Waals surface area (Å²) in [5, 5.41) is 2.80. The molecule has 0 bridgehead atoms. The van der Waals surface area contributed by atoms with Crippen LogP contribution in [0.2, 0.25) is 0 Å². The number of carbonyl (C=O) groups is 1. The molecule has 7 nitrogen and oxygen atoms in total. The van der Waals surface area contributed by atoms with Crippen LogP contribution in [0.15, 0.2) is 44.7 Å². The molecule has 0 fully saturated rings. The second-order valence-electron chi connectivity index (χ2n) is 4.82. The van der Waals surface area contributed by atoms with E-state index in [0.717, 1.165) is 23.2 Å². The lowest BCUT2D eigenvalue weighted by Gasteiger charge is -2.13. The van der Waals surface area contributed by atoms with E-state index < -0.39 is 11.2 Å². The Morgan fingerprint density at radius 1 is 1.43 bits per heavy atom. The molecule has 0 aliphatic heterocycles. The van der Waals surface area contributed by atoms with E-state index in [2.05, 4.69) is 10.3 Å². The largest absolute Gasteiger partial charge is 0.469 e. The zero-order valence-corrected chi connectivity index (χ0v) is 11.7. The van der Waals surface area contributed by atoms with Crippen LogP contribution in [0.4, 0.5) is 0 Å². The summed E-state index contributed by atoms with van der Waals surface area (Å²) in [6, 6.07) is 4.87. The first kappa shape index (κ1) is 14.8. The van der Waals surface area contributed by atoms with Crippen LogP contribution in [0.3, 0.4) is 0 Å². The van der Waals surface area contributed by atoms with E-state index in [9.17, 15) is 14.4 Å². The number of nitrogens with zero attached hydrogens (tertiary/aromatic N) is 1. The molecular formula is C14H17N3O4. The molecular weight excluding hydrogens is 274 g/mol. The molecule has 0 aliphatic rings. The molecule has 1 unspecified atom stereocenters. The second kappa shape index (κ2) is 6.74. The minimum atomic E-state index is -0.596. The van der Waals surface area contributed by atoms with Gasteiger partial charge in [0, 0.05) is 24.7 Å². The number of rotatable bonds is 6. The number of aryl methyl sites for hydroxylation is 1. The number of hydrogen-bond donors (Lipinski definition) is 2. The Labute approximate surface area is 120 Å². The minimum absolute atomic E-state index is 0.0407. The van der Waals surface area contributed by atoms with Crippen LogP contribution in [0.5, 0.6) is 0 Å². The van der Waals surface area contributed by atoms with Gasteiger partial charge in [0.1, 0.15) is 12.3 Å². The molecule has 1 amide bonds. The van der Waals surface area contributed by atoms with Crippen LogP contribution in [-0.4, -0.2) is 21.5 Å². The van der Waals surface area contributed by atoms with Crippen molar-refractivity contribution in [3.63, 3.8) is 0 Å². The highest BCUT2D eigenvalue weighted by Crippen LogP contribution is 2.05. The number of carbonyl (C=O) groups excluding carboxylic acids is 1. The predicted molar refractivity (Wildman–Crippen MR) is 76.0 cm³/mol. The molecule has 1 atom stereocenters. The van der Waals surface area contributed by atoms with Crippen LogP contribution in [0.1, 0.15) is 19.1 Å². The van der Waals surface area contributed by atoms with Crippen molar-refractivity contribution >= 4 is 5.91 Å². The first-order valence-electron chi connectivity index (χ1n) is 6.66. The Bertz CT molecular complexity index is 700. The molecule has 0 spiro atoms.